The Morgan fingerprint density at radius 2 is 1.28 bits per heavy atom. The van der Waals surface area contributed by atoms with Crippen molar-refractivity contribution in [2.24, 2.45) is 0 Å². The molecule has 0 aliphatic carbocycles. The van der Waals surface area contributed by atoms with E-state index in [0.29, 0.717) is 24.5 Å². The average Bonchev–Trinajstić information content (AvgIpc) is 3.21. The number of carbonyl (C=O) groups excluding carboxylic acids is 4. The predicted molar refractivity (Wildman–Crippen MR) is 102 cm³/mol. The zero-order valence-electron chi connectivity index (χ0n) is 16.7. The van der Waals surface area contributed by atoms with Crippen LogP contribution in [0.4, 0.5) is 0 Å². The van der Waals surface area contributed by atoms with E-state index in [-0.39, 0.29) is 62.6 Å². The Bertz CT molecular complexity index is 754. The van der Waals surface area contributed by atoms with E-state index < -0.39 is 0 Å². The van der Waals surface area contributed by atoms with Crippen LogP contribution in [0.25, 0.3) is 0 Å². The first kappa shape index (κ1) is 20.8. The first-order chi connectivity index (χ1) is 13.9. The topological polar surface area (TPSA) is 96.5 Å². The van der Waals surface area contributed by atoms with Crippen LogP contribution in [0.5, 0.6) is 11.5 Å². The lowest BCUT2D eigenvalue weighted by Gasteiger charge is -2.29. The van der Waals surface area contributed by atoms with Crippen LogP contribution in [-0.2, 0) is 25.6 Å². The van der Waals surface area contributed by atoms with Crippen molar-refractivity contribution in [1.29, 1.82) is 0 Å². The van der Waals surface area contributed by atoms with Crippen molar-refractivity contribution in [1.82, 2.24) is 14.7 Å². The molecule has 0 spiro atoms. The number of carbonyl (C=O) groups is 4. The number of rotatable bonds is 9. The lowest BCUT2D eigenvalue weighted by Crippen LogP contribution is -2.48. The van der Waals surface area contributed by atoms with Crippen LogP contribution in [0.2, 0.25) is 0 Å². The van der Waals surface area contributed by atoms with Gasteiger partial charge in [0, 0.05) is 32.2 Å². The summed E-state index contributed by atoms with van der Waals surface area (Å²) in [6, 6.07) is 5.56. The van der Waals surface area contributed by atoms with E-state index in [1.165, 1.54) is 9.80 Å². The first-order valence-corrected chi connectivity index (χ1v) is 9.52. The Labute approximate surface area is 169 Å². The summed E-state index contributed by atoms with van der Waals surface area (Å²) in [7, 11) is 3.12. The van der Waals surface area contributed by atoms with Crippen LogP contribution in [0.1, 0.15) is 31.2 Å². The number of methoxy groups -OCH3 is 2. The van der Waals surface area contributed by atoms with Crippen LogP contribution in [0.15, 0.2) is 18.2 Å². The maximum atomic E-state index is 12.0. The highest BCUT2D eigenvalue weighted by molar-refractivity contribution is 6.02. The normalized spacial score (nSPS) is 17.1. The van der Waals surface area contributed by atoms with Crippen LogP contribution in [-0.4, -0.2) is 72.4 Å². The van der Waals surface area contributed by atoms with Crippen molar-refractivity contribution < 1.29 is 28.7 Å². The molecular formula is C20H25N3O6. The van der Waals surface area contributed by atoms with E-state index in [9.17, 15) is 19.2 Å². The van der Waals surface area contributed by atoms with Crippen LogP contribution < -0.4 is 9.47 Å². The number of benzene rings is 1. The van der Waals surface area contributed by atoms with Gasteiger partial charge in [0.1, 0.15) is 0 Å². The van der Waals surface area contributed by atoms with Crippen LogP contribution in [0, 0.1) is 0 Å². The monoisotopic (exact) mass is 403 g/mol. The number of hydrogen-bond acceptors (Lipinski definition) is 7. The molecule has 2 aliphatic heterocycles. The fourth-order valence-electron chi connectivity index (χ4n) is 3.47. The largest absolute Gasteiger partial charge is 0.493 e. The molecule has 2 heterocycles. The maximum Gasteiger partial charge on any atom is 0.230 e. The quantitative estimate of drug-likeness (QED) is 0.562. The van der Waals surface area contributed by atoms with Gasteiger partial charge in [0.2, 0.25) is 23.6 Å². The van der Waals surface area contributed by atoms with E-state index in [2.05, 4.69) is 0 Å². The summed E-state index contributed by atoms with van der Waals surface area (Å²) in [5.74, 6) is 0.298. The minimum Gasteiger partial charge on any atom is -0.493 e. The Hall–Kier alpha value is -2.94. The third-order valence-corrected chi connectivity index (χ3v) is 5.16. The van der Waals surface area contributed by atoms with Crippen molar-refractivity contribution >= 4 is 23.6 Å². The third kappa shape index (κ3) is 4.73. The summed E-state index contributed by atoms with van der Waals surface area (Å²) in [5.41, 5.74) is 0.964. The van der Waals surface area contributed by atoms with Gasteiger partial charge in [-0.05, 0) is 24.1 Å². The minimum atomic E-state index is -0.231. The summed E-state index contributed by atoms with van der Waals surface area (Å²) in [5, 5.41) is 0. The molecule has 1 aromatic rings. The van der Waals surface area contributed by atoms with E-state index in [4.69, 9.17) is 9.47 Å². The fraction of sp³-hybridized carbons (Fsp3) is 0.500. The molecule has 29 heavy (non-hydrogen) atoms. The van der Waals surface area contributed by atoms with Crippen molar-refractivity contribution in [2.45, 2.75) is 32.1 Å². The molecule has 0 saturated carbocycles. The molecule has 0 radical (unpaired) electrons. The lowest BCUT2D eigenvalue weighted by molar-refractivity contribution is -0.143. The van der Waals surface area contributed by atoms with Gasteiger partial charge in [0.15, 0.2) is 11.5 Å². The molecule has 9 nitrogen and oxygen atoms in total. The van der Waals surface area contributed by atoms with Gasteiger partial charge in [-0.25, -0.2) is 0 Å². The molecule has 1 aromatic carbocycles. The standard InChI is InChI=1S/C20H25N3O6/c1-28-15-4-3-14(11-16(15)29-2)9-10-21(12-22-17(24)5-6-18(22)25)13-23-19(26)7-8-20(23)27/h3-4,11H,5-10,12-13H2,1-2H3. The van der Waals surface area contributed by atoms with Crippen LogP contribution in [0.3, 0.4) is 0 Å². The summed E-state index contributed by atoms with van der Waals surface area (Å²) < 4.78 is 10.6. The molecule has 3 rings (SSSR count). The number of hydrogen-bond donors (Lipinski definition) is 0. The molecule has 156 valence electrons. The van der Waals surface area contributed by atoms with Crippen molar-refractivity contribution in [3.63, 3.8) is 0 Å². The molecule has 0 N–H and O–H groups in total. The first-order valence-electron chi connectivity index (χ1n) is 9.52. The highest BCUT2D eigenvalue weighted by Gasteiger charge is 2.34. The Balaban J connectivity index is 1.72. The molecule has 9 heteroatoms. The van der Waals surface area contributed by atoms with E-state index in [0.717, 1.165) is 5.56 Å². The smallest absolute Gasteiger partial charge is 0.230 e. The molecule has 2 aliphatic rings. The summed E-state index contributed by atoms with van der Waals surface area (Å²) >= 11 is 0. The molecule has 2 fully saturated rings. The molecule has 2 saturated heterocycles. The maximum absolute atomic E-state index is 12.0. The number of ether oxygens (including phenoxy) is 2. The molecule has 0 aromatic heterocycles. The number of imide groups is 2. The second kappa shape index (κ2) is 9.04. The van der Waals surface area contributed by atoms with Gasteiger partial charge < -0.3 is 9.47 Å². The molecule has 0 unspecified atom stereocenters. The fourth-order valence-corrected chi connectivity index (χ4v) is 3.47. The zero-order chi connectivity index (χ0) is 21.0. The highest BCUT2D eigenvalue weighted by Crippen LogP contribution is 2.28. The van der Waals surface area contributed by atoms with E-state index in [1.807, 2.05) is 12.1 Å². The third-order valence-electron chi connectivity index (χ3n) is 5.16. The van der Waals surface area contributed by atoms with Gasteiger partial charge in [0.05, 0.1) is 27.6 Å². The second-order valence-electron chi connectivity index (χ2n) is 7.05. The molecular weight excluding hydrogens is 378 g/mol. The number of amides is 4. The Kier molecular flexibility index (Phi) is 6.48. The van der Waals surface area contributed by atoms with Gasteiger partial charge in [0.25, 0.3) is 0 Å². The Morgan fingerprint density at radius 3 is 1.72 bits per heavy atom. The molecule has 0 atom stereocenters. The van der Waals surface area contributed by atoms with Gasteiger partial charge in [-0.15, -0.1) is 0 Å². The van der Waals surface area contributed by atoms with Crippen molar-refractivity contribution in [3.05, 3.63) is 23.8 Å². The van der Waals surface area contributed by atoms with Gasteiger partial charge in [-0.2, -0.15) is 0 Å². The minimum absolute atomic E-state index is 0.0576. The number of likely N-dealkylation sites (tertiary alicyclic amines) is 2. The summed E-state index contributed by atoms with van der Waals surface area (Å²) in [4.78, 5) is 52.2. The predicted octanol–water partition coefficient (Wildman–Crippen LogP) is 0.761. The second-order valence-corrected chi connectivity index (χ2v) is 7.05. The SMILES string of the molecule is COc1ccc(CCN(CN2C(=O)CCC2=O)CN2C(=O)CCC2=O)cc1OC. The summed E-state index contributed by atoms with van der Waals surface area (Å²) in [6.45, 7) is 0.563. The zero-order valence-corrected chi connectivity index (χ0v) is 16.7. The average molecular weight is 403 g/mol. The van der Waals surface area contributed by atoms with E-state index >= 15 is 0 Å². The van der Waals surface area contributed by atoms with Gasteiger partial charge >= 0.3 is 0 Å². The van der Waals surface area contributed by atoms with Gasteiger partial charge in [-0.1, -0.05) is 6.07 Å². The number of nitrogens with zero attached hydrogens (tertiary/aromatic N) is 3. The van der Waals surface area contributed by atoms with Crippen molar-refractivity contribution in [3.8, 4) is 11.5 Å². The lowest BCUT2D eigenvalue weighted by atomic mass is 10.1. The Morgan fingerprint density at radius 1 is 0.793 bits per heavy atom. The van der Waals surface area contributed by atoms with Crippen molar-refractivity contribution in [2.75, 3.05) is 34.1 Å². The summed E-state index contributed by atoms with van der Waals surface area (Å²) in [6.07, 6.45) is 1.37. The van der Waals surface area contributed by atoms with E-state index in [1.54, 1.807) is 25.2 Å². The van der Waals surface area contributed by atoms with Crippen LogP contribution >= 0.6 is 0 Å². The molecule has 4 amide bonds. The highest BCUT2D eigenvalue weighted by atomic mass is 16.5. The van der Waals surface area contributed by atoms with Gasteiger partial charge in [-0.3, -0.25) is 33.9 Å². The molecule has 0 bridgehead atoms.